The maximum absolute atomic E-state index is 12.6. The Kier molecular flexibility index (Phi) is 8.28. The molecule has 1 atom stereocenters. The van der Waals surface area contributed by atoms with Crippen LogP contribution in [0, 0.1) is 0 Å². The van der Waals surface area contributed by atoms with Crippen LogP contribution in [0.2, 0.25) is 0 Å². The van der Waals surface area contributed by atoms with Crippen LogP contribution < -0.4 is 11.1 Å². The average molecular weight is 484 g/mol. The number of anilines is 1. The van der Waals surface area contributed by atoms with Gasteiger partial charge in [-0.25, -0.2) is 0 Å². The quantitative estimate of drug-likeness (QED) is 0.220. The van der Waals surface area contributed by atoms with E-state index in [0.29, 0.717) is 24.1 Å². The van der Waals surface area contributed by atoms with Crippen LogP contribution in [0.25, 0.3) is 11.1 Å². The summed E-state index contributed by atoms with van der Waals surface area (Å²) >= 11 is 0. The van der Waals surface area contributed by atoms with Crippen molar-refractivity contribution < 1.29 is 28.8 Å². The molecule has 0 spiro atoms. The van der Waals surface area contributed by atoms with E-state index >= 15 is 0 Å². The second-order valence-corrected chi connectivity index (χ2v) is 9.73. The Morgan fingerprint density at radius 3 is 2.09 bits per heavy atom. The molecule has 1 amide bonds. The van der Waals surface area contributed by atoms with Crippen molar-refractivity contribution in [2.45, 2.75) is 25.3 Å². The van der Waals surface area contributed by atoms with Crippen LogP contribution >= 0.6 is 8.17 Å². The predicted octanol–water partition coefficient (Wildman–Crippen LogP) is 3.23. The summed E-state index contributed by atoms with van der Waals surface area (Å²) in [5, 5.41) is 2.58. The number of nitrogens with one attached hydrogen (secondary N) is 1. The Morgan fingerprint density at radius 1 is 0.912 bits per heavy atom. The normalized spacial score (nSPS) is 13.7. The third-order valence-corrected chi connectivity index (χ3v) is 5.78. The number of hydrogen-bond donors (Lipinski definition) is 5. The molecule has 3 aromatic carbocycles. The number of amides is 1. The molecule has 8 nitrogen and oxygen atoms in total. The maximum atomic E-state index is 12.6. The van der Waals surface area contributed by atoms with Gasteiger partial charge in [-0.1, -0.05) is 54.6 Å². The number of ketones is 1. The molecule has 0 unspecified atom stereocenters. The third-order valence-electron chi connectivity index (χ3n) is 5.25. The van der Waals surface area contributed by atoms with E-state index in [0.717, 1.165) is 16.7 Å². The number of carbonyl (C=O) groups is 2. The second kappa shape index (κ2) is 11.0. The Labute approximate surface area is 198 Å². The van der Waals surface area contributed by atoms with Crippen LogP contribution in [0.15, 0.2) is 78.9 Å². The molecule has 0 fully saturated rings. The number of Topliss-reactive ketones (excluding diaryl/α,β-unsaturated/α-hetero) is 1. The predicted molar refractivity (Wildman–Crippen MR) is 133 cm³/mol. The molecule has 0 aliphatic heterocycles. The van der Waals surface area contributed by atoms with Gasteiger partial charge in [0.15, 0.2) is 0 Å². The van der Waals surface area contributed by atoms with E-state index in [1.54, 1.807) is 24.3 Å². The molecule has 34 heavy (non-hydrogen) atoms. The van der Waals surface area contributed by atoms with Crippen molar-refractivity contribution in [2.75, 3.05) is 11.9 Å². The first-order valence-electron chi connectivity index (χ1n) is 10.7. The summed E-state index contributed by atoms with van der Waals surface area (Å²) in [7, 11) is -4.77. The van der Waals surface area contributed by atoms with Gasteiger partial charge < -0.3 is 0 Å². The molecule has 180 valence electrons. The first-order valence-corrected chi connectivity index (χ1v) is 12.5. The molecule has 6 N–H and O–H groups in total. The van der Waals surface area contributed by atoms with Gasteiger partial charge in [-0.05, 0) is 16.7 Å². The molecule has 0 bridgehead atoms. The first-order chi connectivity index (χ1) is 16.0. The summed E-state index contributed by atoms with van der Waals surface area (Å²) in [6.45, 7) is 0.740. The van der Waals surface area contributed by atoms with Crippen molar-refractivity contribution in [3.63, 3.8) is 0 Å². The summed E-state index contributed by atoms with van der Waals surface area (Å²) < 4.78 is 4.47. The summed E-state index contributed by atoms with van der Waals surface area (Å²) in [4.78, 5) is 51.7. The number of carbonyl (C=O) groups excluding carboxylic acids is 2. The standard InChI is InChI=1S/C25H29N2O6P/c1-25(26,17-33-34(30,31)32)24(29)27-22-14-12-21(13-15-22)23(28)16-9-18-7-10-20(11-8-18)19-5-3-2-4-6-19/h2-8,10-15,30-32,34H,9,16-17,26H2,1H3,(H,27,29)/t25-/m0/s1. The van der Waals surface area contributed by atoms with Gasteiger partial charge >= 0.3 is 127 Å². The van der Waals surface area contributed by atoms with E-state index in [-0.39, 0.29) is 5.78 Å². The van der Waals surface area contributed by atoms with Crippen LogP contribution in [-0.4, -0.2) is 38.5 Å². The van der Waals surface area contributed by atoms with Crippen LogP contribution in [0.1, 0.15) is 29.3 Å². The van der Waals surface area contributed by atoms with E-state index in [1.165, 1.54) is 6.92 Å². The molecule has 9 heteroatoms. The molecule has 0 radical (unpaired) electrons. The molecule has 0 saturated heterocycles. The zero-order valence-electron chi connectivity index (χ0n) is 18.8. The number of benzene rings is 3. The topological polar surface area (TPSA) is 142 Å². The molecule has 3 rings (SSSR count). The van der Waals surface area contributed by atoms with Crippen molar-refractivity contribution in [1.29, 1.82) is 0 Å². The fraction of sp³-hybridized carbons (Fsp3) is 0.200. The molecule has 0 saturated carbocycles. The zero-order chi connectivity index (χ0) is 24.8. The fourth-order valence-electron chi connectivity index (χ4n) is 3.22. The number of hydrogen-bond acceptors (Lipinski definition) is 7. The third kappa shape index (κ3) is 7.53. The van der Waals surface area contributed by atoms with Crippen molar-refractivity contribution in [3.05, 3.63) is 90.0 Å². The average Bonchev–Trinajstić information content (AvgIpc) is 2.82. The van der Waals surface area contributed by atoms with Crippen molar-refractivity contribution in [3.8, 4) is 11.1 Å². The Balaban J connectivity index is 1.52. The van der Waals surface area contributed by atoms with Crippen LogP contribution in [-0.2, 0) is 15.7 Å². The molecule has 3 aromatic rings. The van der Waals surface area contributed by atoms with Crippen molar-refractivity contribution in [2.24, 2.45) is 5.73 Å². The van der Waals surface area contributed by atoms with Gasteiger partial charge in [-0.2, -0.15) is 0 Å². The molecular formula is C25H29N2O6P. The monoisotopic (exact) mass is 484 g/mol. The summed E-state index contributed by atoms with van der Waals surface area (Å²) in [5.41, 5.74) is 8.49. The van der Waals surface area contributed by atoms with Crippen molar-refractivity contribution in [1.82, 2.24) is 0 Å². The van der Waals surface area contributed by atoms with Gasteiger partial charge in [0, 0.05) is 0 Å². The van der Waals surface area contributed by atoms with Gasteiger partial charge in [0.2, 0.25) is 0 Å². The number of aryl methyl sites for hydroxylation is 1. The second-order valence-electron chi connectivity index (χ2n) is 8.30. The molecule has 0 aromatic heterocycles. The minimum absolute atomic E-state index is 0.0165. The van der Waals surface area contributed by atoms with Crippen LogP contribution in [0.5, 0.6) is 0 Å². The van der Waals surface area contributed by atoms with Gasteiger partial charge in [0.25, 0.3) is 0 Å². The van der Waals surface area contributed by atoms with E-state index in [4.69, 9.17) is 20.4 Å². The van der Waals surface area contributed by atoms with E-state index in [9.17, 15) is 9.59 Å². The minimum atomic E-state index is -4.77. The summed E-state index contributed by atoms with van der Waals surface area (Å²) in [6.07, 6.45) is 0.965. The molecule has 0 aliphatic rings. The van der Waals surface area contributed by atoms with E-state index in [2.05, 4.69) is 22.0 Å². The number of rotatable bonds is 10. The molecule has 0 aliphatic carbocycles. The molecular weight excluding hydrogens is 455 g/mol. The zero-order valence-corrected chi connectivity index (χ0v) is 19.8. The Morgan fingerprint density at radius 2 is 1.50 bits per heavy atom. The van der Waals surface area contributed by atoms with Crippen molar-refractivity contribution >= 4 is 25.5 Å². The van der Waals surface area contributed by atoms with Gasteiger partial charge in [0.1, 0.15) is 0 Å². The summed E-state index contributed by atoms with van der Waals surface area (Å²) in [5.74, 6) is -0.666. The van der Waals surface area contributed by atoms with Gasteiger partial charge in [-0.3, -0.25) is 0 Å². The summed E-state index contributed by atoms with van der Waals surface area (Å²) in [6, 6.07) is 24.6. The van der Waals surface area contributed by atoms with Gasteiger partial charge in [-0.15, -0.1) is 0 Å². The Hall–Kier alpha value is -2.97. The number of nitrogens with two attached hydrogens (primary N) is 1. The van der Waals surface area contributed by atoms with Crippen LogP contribution in [0.3, 0.4) is 0 Å². The van der Waals surface area contributed by atoms with Gasteiger partial charge in [0.05, 0.1) is 0 Å². The Bertz CT molecular complexity index is 1110. The molecule has 0 heterocycles. The first kappa shape index (κ1) is 25.6. The SMILES string of the molecule is C[C@](N)(CO[PH](O)(O)O)C(=O)Nc1ccc(C(=O)CCc2ccc(-c3ccccc3)cc2)cc1. The fourth-order valence-corrected chi connectivity index (χ4v) is 3.72. The van der Waals surface area contributed by atoms with E-state index in [1.807, 2.05) is 42.5 Å². The van der Waals surface area contributed by atoms with Crippen LogP contribution in [0.4, 0.5) is 5.69 Å². The van der Waals surface area contributed by atoms with E-state index < -0.39 is 26.2 Å².